The van der Waals surface area contributed by atoms with Crippen LogP contribution in [0.2, 0.25) is 0 Å². The van der Waals surface area contributed by atoms with Crippen molar-refractivity contribution in [2.45, 2.75) is 12.8 Å². The van der Waals surface area contributed by atoms with Gasteiger partial charge >= 0.3 is 0 Å². The summed E-state index contributed by atoms with van der Waals surface area (Å²) in [5, 5.41) is 7.75. The van der Waals surface area contributed by atoms with Gasteiger partial charge in [0.05, 0.1) is 11.7 Å². The van der Waals surface area contributed by atoms with Crippen molar-refractivity contribution in [3.63, 3.8) is 0 Å². The molecule has 3 aromatic carbocycles. The Morgan fingerprint density at radius 3 is 2.40 bits per heavy atom. The Morgan fingerprint density at radius 2 is 1.70 bits per heavy atom. The average molecular weight is 629 g/mol. The van der Waals surface area contributed by atoms with Crippen molar-refractivity contribution in [3.05, 3.63) is 112 Å². The number of fused-ring (bicyclic) bond motifs is 1. The molecule has 0 saturated carbocycles. The first kappa shape index (κ1) is 31.6. The Kier molecular flexibility index (Phi) is 9.51. The molecule has 0 unspecified atom stereocenters. The van der Waals surface area contributed by atoms with Crippen molar-refractivity contribution in [3.8, 4) is 17.2 Å². The van der Waals surface area contributed by atoms with Crippen LogP contribution in [0.4, 0.5) is 14.5 Å². The lowest BCUT2D eigenvalue weighted by molar-refractivity contribution is 0.102. The molecular weight excluding hydrogens is 601 g/mol. The van der Waals surface area contributed by atoms with E-state index in [-0.39, 0.29) is 47.7 Å². The summed E-state index contributed by atoms with van der Waals surface area (Å²) in [5.74, 6) is -1.22. The van der Waals surface area contributed by atoms with Crippen molar-refractivity contribution in [1.29, 1.82) is 0 Å². The number of halogens is 4. The summed E-state index contributed by atoms with van der Waals surface area (Å²) in [6.45, 7) is 3.09. The highest BCUT2D eigenvalue weighted by atomic mass is 35.5. The number of nitrogens with one attached hydrogen (secondary N) is 3. The smallest absolute Gasteiger partial charge is 0.268 e. The summed E-state index contributed by atoms with van der Waals surface area (Å²) in [5.41, 5.74) is 8.48. The summed E-state index contributed by atoms with van der Waals surface area (Å²) in [6, 6.07) is 16.3. The van der Waals surface area contributed by atoms with Crippen molar-refractivity contribution < 1.29 is 18.3 Å². The van der Waals surface area contributed by atoms with Crippen LogP contribution in [0, 0.1) is 18.6 Å². The van der Waals surface area contributed by atoms with Gasteiger partial charge in [-0.1, -0.05) is 0 Å². The first-order valence-electron chi connectivity index (χ1n) is 13.0. The van der Waals surface area contributed by atoms with Crippen LogP contribution in [0.1, 0.15) is 27.5 Å². The van der Waals surface area contributed by atoms with Gasteiger partial charge in [-0.25, -0.2) is 8.78 Å². The molecule has 3 N–H and O–H groups in total. The molecule has 1 aliphatic heterocycles. The van der Waals surface area contributed by atoms with E-state index in [4.69, 9.17) is 4.74 Å². The van der Waals surface area contributed by atoms with Crippen LogP contribution in [0.25, 0.3) is 16.6 Å². The Hall–Kier alpha value is -4.29. The maximum Gasteiger partial charge on any atom is 0.268 e. The number of hydrogen-bond donors (Lipinski definition) is 3. The van der Waals surface area contributed by atoms with Crippen molar-refractivity contribution >= 4 is 47.3 Å². The summed E-state index contributed by atoms with van der Waals surface area (Å²) in [4.78, 5) is 26.2. The predicted molar refractivity (Wildman–Crippen MR) is 165 cm³/mol. The van der Waals surface area contributed by atoms with Gasteiger partial charge in [0.25, 0.3) is 11.5 Å². The Morgan fingerprint density at radius 1 is 0.977 bits per heavy atom. The maximum absolute atomic E-state index is 15.3. The van der Waals surface area contributed by atoms with Crippen molar-refractivity contribution in [1.82, 2.24) is 25.2 Å². The second-order valence-corrected chi connectivity index (χ2v) is 9.88. The van der Waals surface area contributed by atoms with Gasteiger partial charge in [0.1, 0.15) is 17.1 Å². The van der Waals surface area contributed by atoms with Gasteiger partial charge in [-0.05, 0) is 67.6 Å². The van der Waals surface area contributed by atoms with Gasteiger partial charge in [0, 0.05) is 60.1 Å². The number of aromatic nitrogens is 3. The Bertz CT molecular complexity index is 1850. The lowest BCUT2D eigenvalue weighted by Gasteiger charge is -2.17. The molecule has 13 heteroatoms. The number of carbonyl (C=O) groups is 1. The Labute approximate surface area is 257 Å². The van der Waals surface area contributed by atoms with Gasteiger partial charge in [-0.3, -0.25) is 29.7 Å². The first-order valence-corrected chi connectivity index (χ1v) is 13.0. The third-order valence-electron chi connectivity index (χ3n) is 7.16. The van der Waals surface area contributed by atoms with Crippen molar-refractivity contribution in [2.75, 3.05) is 18.4 Å². The molecule has 0 atom stereocenters. The number of hydrogen-bond acceptors (Lipinski definition) is 6. The van der Waals surface area contributed by atoms with Gasteiger partial charge in [0.15, 0.2) is 11.6 Å². The Balaban J connectivity index is 0.00000212. The average Bonchev–Trinajstić information content (AvgIpc) is 3.61. The molecule has 5 aromatic rings. The lowest BCUT2D eigenvalue weighted by Crippen LogP contribution is -2.29. The zero-order valence-electron chi connectivity index (χ0n) is 23.1. The predicted octanol–water partition coefficient (Wildman–Crippen LogP) is 5.39. The maximum atomic E-state index is 15.3. The van der Waals surface area contributed by atoms with Crippen LogP contribution in [-0.4, -0.2) is 33.3 Å². The normalized spacial score (nSPS) is 12.9. The molecule has 0 spiro atoms. The van der Waals surface area contributed by atoms with E-state index in [1.165, 1.54) is 47.0 Å². The highest BCUT2D eigenvalue weighted by Gasteiger charge is 2.23. The number of pyridine rings is 1. The zero-order valence-corrected chi connectivity index (χ0v) is 24.7. The van der Waals surface area contributed by atoms with E-state index < -0.39 is 23.1 Å². The van der Waals surface area contributed by atoms with Crippen LogP contribution in [0.15, 0.2) is 77.7 Å². The summed E-state index contributed by atoms with van der Waals surface area (Å²) in [6.07, 6.45) is 1.72. The second kappa shape index (κ2) is 12.9. The molecule has 3 heterocycles. The van der Waals surface area contributed by atoms with Gasteiger partial charge < -0.3 is 10.1 Å². The minimum absolute atomic E-state index is 0. The third-order valence-corrected chi connectivity index (χ3v) is 7.16. The van der Waals surface area contributed by atoms with E-state index in [2.05, 4.69) is 21.3 Å². The van der Waals surface area contributed by atoms with Crippen LogP contribution >= 0.6 is 24.8 Å². The number of hydrazine groups is 1. The minimum Gasteiger partial charge on any atom is -0.454 e. The molecule has 0 aliphatic carbocycles. The number of benzene rings is 3. The molecule has 6 rings (SSSR count). The van der Waals surface area contributed by atoms with Crippen LogP contribution in [0.3, 0.4) is 0 Å². The molecule has 43 heavy (non-hydrogen) atoms. The largest absolute Gasteiger partial charge is 0.454 e. The van der Waals surface area contributed by atoms with Gasteiger partial charge in [0.2, 0.25) is 0 Å². The molecule has 1 fully saturated rings. The van der Waals surface area contributed by atoms with E-state index in [0.717, 1.165) is 22.5 Å². The number of nitrogens with zero attached hydrogens (tertiary/aromatic N) is 3. The van der Waals surface area contributed by atoms with Crippen LogP contribution in [0.5, 0.6) is 11.5 Å². The fourth-order valence-electron chi connectivity index (χ4n) is 4.98. The van der Waals surface area contributed by atoms with E-state index in [1.807, 2.05) is 19.2 Å². The van der Waals surface area contributed by atoms with Crippen LogP contribution < -0.4 is 26.5 Å². The summed E-state index contributed by atoms with van der Waals surface area (Å²) < 4.78 is 37.8. The molecule has 0 bridgehead atoms. The fourth-order valence-corrected chi connectivity index (χ4v) is 4.98. The molecule has 2 aromatic heterocycles. The molecule has 1 amide bonds. The molecule has 224 valence electrons. The third kappa shape index (κ3) is 6.25. The van der Waals surface area contributed by atoms with Crippen molar-refractivity contribution in [2.24, 2.45) is 7.05 Å². The molecule has 0 radical (unpaired) electrons. The fraction of sp³-hybridized carbons (Fsp3) is 0.167. The highest BCUT2D eigenvalue weighted by molar-refractivity contribution is 6.04. The summed E-state index contributed by atoms with van der Waals surface area (Å²) >= 11 is 0. The molecule has 1 aliphatic rings. The van der Waals surface area contributed by atoms with E-state index >= 15 is 4.39 Å². The standard InChI is InChI=1S/C30H26F2N6O3.2ClH/c1-17-3-9-23(30(40)38(17)22-7-4-20(31)5-8-22)29(39)36-21-6-10-27(25(32)12-21)41-28-11-18-16-35-37(2)26(18)13-24(28)19-14-33-34-15-19;;/h3-13,16,19,33-34H,14-15H2,1-2H3,(H,36,39);2*1H. The lowest BCUT2D eigenvalue weighted by atomic mass is 9.98. The number of carbonyl (C=O) groups excluding carboxylic acids is 1. The number of anilines is 1. The summed E-state index contributed by atoms with van der Waals surface area (Å²) in [7, 11) is 1.86. The molecular formula is C30H28Cl2F2N6O3. The minimum atomic E-state index is -0.704. The second-order valence-electron chi connectivity index (χ2n) is 9.88. The quantitative estimate of drug-likeness (QED) is 0.233. The van der Waals surface area contributed by atoms with Gasteiger partial charge in [-0.15, -0.1) is 24.8 Å². The van der Waals surface area contributed by atoms with E-state index in [9.17, 15) is 14.0 Å². The number of amides is 1. The number of aryl methyl sites for hydroxylation is 2. The van der Waals surface area contributed by atoms with Crippen LogP contribution in [-0.2, 0) is 7.05 Å². The zero-order chi connectivity index (χ0) is 28.7. The van der Waals surface area contributed by atoms with Gasteiger partial charge in [-0.2, -0.15) is 5.10 Å². The molecule has 1 saturated heterocycles. The number of ether oxygens (including phenoxy) is 1. The van der Waals surface area contributed by atoms with E-state index in [1.54, 1.807) is 23.9 Å². The monoisotopic (exact) mass is 628 g/mol. The van der Waals surface area contributed by atoms with E-state index in [0.29, 0.717) is 30.2 Å². The SMILES string of the molecule is Cc1ccc(C(=O)Nc2ccc(Oc3cc4cnn(C)c4cc3C3CNNC3)c(F)c2)c(=O)n1-c1ccc(F)cc1.Cl.Cl. The highest BCUT2D eigenvalue weighted by Crippen LogP contribution is 2.36. The number of rotatable bonds is 6. The molecule has 9 nitrogen and oxygen atoms in total. The first-order chi connectivity index (χ1) is 19.8. The topological polar surface area (TPSA) is 102 Å².